The molecule has 30 heavy (non-hydrogen) atoms. The fourth-order valence-electron chi connectivity index (χ4n) is 2.96. The molecule has 0 amide bonds. The summed E-state index contributed by atoms with van der Waals surface area (Å²) < 4.78 is 24.1. The normalized spacial score (nSPS) is 11.7. The molecule has 0 aliphatic rings. The van der Waals surface area contributed by atoms with Crippen LogP contribution in [0.3, 0.4) is 0 Å². The predicted octanol–water partition coefficient (Wildman–Crippen LogP) is 1.75. The molecule has 0 aliphatic heterocycles. The van der Waals surface area contributed by atoms with Crippen LogP contribution in [-0.2, 0) is 23.0 Å². The van der Waals surface area contributed by atoms with E-state index in [-0.39, 0.29) is 36.7 Å². The molecular formula is C22H22N3NaO3S. The van der Waals surface area contributed by atoms with Crippen LogP contribution in [-0.4, -0.2) is 26.3 Å². The molecule has 1 unspecified atom stereocenters. The molecule has 2 aromatic carbocycles. The Bertz CT molecular complexity index is 1170. The van der Waals surface area contributed by atoms with E-state index in [1.54, 1.807) is 13.3 Å². The third kappa shape index (κ3) is 5.10. The van der Waals surface area contributed by atoms with Gasteiger partial charge in [0.15, 0.2) is 5.16 Å². The van der Waals surface area contributed by atoms with Gasteiger partial charge in [-0.3, -0.25) is 9.19 Å². The SMILES string of the molecule is CCc1cnc(CS(=O)c2nc3ccc(OC)cc3[nH]2)cc1Oc1ccccc1.[H-].[Na+]. The molecule has 0 radical (unpaired) electrons. The second kappa shape index (κ2) is 10.2. The van der Waals surface area contributed by atoms with Gasteiger partial charge in [0.2, 0.25) is 0 Å². The minimum Gasteiger partial charge on any atom is -1.00 e. The van der Waals surface area contributed by atoms with Gasteiger partial charge in [0.1, 0.15) is 17.2 Å². The number of nitrogens with one attached hydrogen (secondary N) is 1. The first-order chi connectivity index (χ1) is 14.2. The number of ether oxygens (including phenoxy) is 2. The summed E-state index contributed by atoms with van der Waals surface area (Å²) in [6, 6.07) is 17.0. The monoisotopic (exact) mass is 431 g/mol. The van der Waals surface area contributed by atoms with Gasteiger partial charge in [-0.05, 0) is 30.7 Å². The van der Waals surface area contributed by atoms with Gasteiger partial charge in [-0.1, -0.05) is 25.1 Å². The number of pyridine rings is 1. The number of imidazole rings is 1. The van der Waals surface area contributed by atoms with Crippen LogP contribution in [0, 0.1) is 0 Å². The molecule has 0 saturated carbocycles. The van der Waals surface area contributed by atoms with E-state index in [1.165, 1.54) is 0 Å². The zero-order valence-electron chi connectivity index (χ0n) is 18.2. The number of aromatic nitrogens is 3. The van der Waals surface area contributed by atoms with Gasteiger partial charge in [0.05, 0.1) is 40.4 Å². The average Bonchev–Trinajstić information content (AvgIpc) is 3.18. The first-order valence-electron chi connectivity index (χ1n) is 9.29. The average molecular weight is 431 g/mol. The van der Waals surface area contributed by atoms with Gasteiger partial charge in [-0.25, -0.2) is 4.98 Å². The van der Waals surface area contributed by atoms with Gasteiger partial charge in [0, 0.05) is 23.9 Å². The number of fused-ring (bicyclic) bond motifs is 1. The van der Waals surface area contributed by atoms with E-state index in [0.717, 1.165) is 40.3 Å². The molecular weight excluding hydrogens is 409 g/mol. The van der Waals surface area contributed by atoms with Crippen LogP contribution in [0.4, 0.5) is 0 Å². The fraction of sp³-hybridized carbons (Fsp3) is 0.182. The van der Waals surface area contributed by atoms with E-state index in [2.05, 4.69) is 21.9 Å². The molecule has 1 N–H and O–H groups in total. The maximum Gasteiger partial charge on any atom is 1.00 e. The molecule has 6 nitrogen and oxygen atoms in total. The number of para-hydroxylation sites is 1. The summed E-state index contributed by atoms with van der Waals surface area (Å²) in [6.45, 7) is 2.05. The topological polar surface area (TPSA) is 77.1 Å². The maximum atomic E-state index is 12.9. The first kappa shape index (κ1) is 22.5. The Kier molecular flexibility index (Phi) is 7.66. The molecule has 2 aromatic heterocycles. The number of H-pyrrole nitrogens is 1. The number of benzene rings is 2. The molecule has 2 heterocycles. The van der Waals surface area contributed by atoms with Gasteiger partial charge in [-0.2, -0.15) is 0 Å². The van der Waals surface area contributed by atoms with Crippen LogP contribution >= 0.6 is 0 Å². The predicted molar refractivity (Wildman–Crippen MR) is 114 cm³/mol. The van der Waals surface area contributed by atoms with Gasteiger partial charge >= 0.3 is 29.6 Å². The van der Waals surface area contributed by atoms with E-state index in [1.807, 2.05) is 54.6 Å². The molecule has 8 heteroatoms. The maximum absolute atomic E-state index is 12.9. The second-order valence-electron chi connectivity index (χ2n) is 6.47. The van der Waals surface area contributed by atoms with Crippen molar-refractivity contribution in [2.45, 2.75) is 24.3 Å². The first-order valence-corrected chi connectivity index (χ1v) is 10.6. The van der Waals surface area contributed by atoms with Crippen LogP contribution in [0.25, 0.3) is 11.0 Å². The van der Waals surface area contributed by atoms with E-state index in [4.69, 9.17) is 9.47 Å². The third-order valence-electron chi connectivity index (χ3n) is 4.51. The number of hydrogen-bond donors (Lipinski definition) is 1. The van der Waals surface area contributed by atoms with Crippen molar-refractivity contribution >= 4 is 21.8 Å². The van der Waals surface area contributed by atoms with Crippen LogP contribution < -0.4 is 39.0 Å². The summed E-state index contributed by atoms with van der Waals surface area (Å²) >= 11 is 0. The molecule has 0 aliphatic carbocycles. The number of rotatable bonds is 7. The Labute approximate surface area is 201 Å². The van der Waals surface area contributed by atoms with Gasteiger partial charge in [-0.15, -0.1) is 0 Å². The Morgan fingerprint density at radius 2 is 1.90 bits per heavy atom. The molecule has 0 fully saturated rings. The van der Waals surface area contributed by atoms with Crippen LogP contribution in [0.15, 0.2) is 66.0 Å². The van der Waals surface area contributed by atoms with E-state index >= 15 is 0 Å². The summed E-state index contributed by atoms with van der Waals surface area (Å²) in [4.78, 5) is 12.0. The summed E-state index contributed by atoms with van der Waals surface area (Å²) in [5.41, 5.74) is 3.22. The van der Waals surface area contributed by atoms with Crippen molar-refractivity contribution in [3.05, 3.63) is 72.1 Å². The summed E-state index contributed by atoms with van der Waals surface area (Å²) in [5, 5.41) is 0.417. The number of aromatic amines is 1. The Balaban J connectivity index is 0.00000171. The quantitative estimate of drug-likeness (QED) is 0.451. The number of hydrogen-bond acceptors (Lipinski definition) is 5. The van der Waals surface area contributed by atoms with Crippen LogP contribution in [0.1, 0.15) is 19.6 Å². The third-order valence-corrected chi connectivity index (χ3v) is 5.70. The van der Waals surface area contributed by atoms with Crippen molar-refractivity contribution in [1.29, 1.82) is 0 Å². The largest absolute Gasteiger partial charge is 1.00 e. The molecule has 0 saturated heterocycles. The summed E-state index contributed by atoms with van der Waals surface area (Å²) in [6.07, 6.45) is 2.58. The Morgan fingerprint density at radius 3 is 2.63 bits per heavy atom. The van der Waals surface area contributed by atoms with E-state index in [0.29, 0.717) is 10.9 Å². The molecule has 4 aromatic rings. The van der Waals surface area contributed by atoms with Crippen LogP contribution in [0.2, 0.25) is 0 Å². The molecule has 1 atom stereocenters. The van der Waals surface area contributed by atoms with Crippen molar-refractivity contribution in [1.82, 2.24) is 15.0 Å². The van der Waals surface area contributed by atoms with Crippen molar-refractivity contribution in [2.75, 3.05) is 7.11 Å². The molecule has 0 bridgehead atoms. The number of aryl methyl sites for hydroxylation is 1. The Hall–Kier alpha value is -2.19. The number of nitrogens with zero attached hydrogens (tertiary/aromatic N) is 2. The minimum atomic E-state index is -1.36. The van der Waals surface area contributed by atoms with Crippen molar-refractivity contribution in [3.63, 3.8) is 0 Å². The van der Waals surface area contributed by atoms with E-state index < -0.39 is 10.8 Å². The molecule has 150 valence electrons. The zero-order valence-corrected chi connectivity index (χ0v) is 20.0. The van der Waals surface area contributed by atoms with Gasteiger partial charge in [0.25, 0.3) is 0 Å². The van der Waals surface area contributed by atoms with Crippen molar-refractivity contribution < 1.29 is 44.7 Å². The zero-order chi connectivity index (χ0) is 20.2. The standard InChI is InChI=1S/C22H21N3O3S.Na.H/c1-3-15-13-23-16(11-21(15)28-17-7-5-4-6-8-17)14-29(26)22-24-19-10-9-18(27-2)12-20(19)25-22;;/h4-13H,3,14H2,1-2H3,(H,24,25);;/q;+1;-1. The second-order valence-corrected chi connectivity index (χ2v) is 7.83. The Morgan fingerprint density at radius 1 is 1.10 bits per heavy atom. The summed E-state index contributed by atoms with van der Waals surface area (Å²) in [5.74, 6) is 2.45. The van der Waals surface area contributed by atoms with Crippen LogP contribution in [0.5, 0.6) is 17.2 Å². The smallest absolute Gasteiger partial charge is 1.00 e. The summed E-state index contributed by atoms with van der Waals surface area (Å²) in [7, 11) is 0.244. The number of methoxy groups -OCH3 is 1. The van der Waals surface area contributed by atoms with E-state index in [9.17, 15) is 4.21 Å². The van der Waals surface area contributed by atoms with Crippen molar-refractivity contribution in [2.24, 2.45) is 0 Å². The molecule has 4 rings (SSSR count). The minimum absolute atomic E-state index is 0. The van der Waals surface area contributed by atoms with Crippen molar-refractivity contribution in [3.8, 4) is 17.2 Å². The molecule has 0 spiro atoms. The fourth-order valence-corrected chi connectivity index (χ4v) is 3.95. The van der Waals surface area contributed by atoms with Gasteiger partial charge < -0.3 is 15.9 Å².